The van der Waals surface area contributed by atoms with Gasteiger partial charge in [-0.1, -0.05) is 18.2 Å². The molecule has 0 saturated heterocycles. The van der Waals surface area contributed by atoms with Crippen LogP contribution in [0.25, 0.3) is 0 Å². The maximum atomic E-state index is 12.0. The summed E-state index contributed by atoms with van der Waals surface area (Å²) >= 11 is 0. The molecule has 4 heteroatoms. The first kappa shape index (κ1) is 16.9. The van der Waals surface area contributed by atoms with E-state index in [1.54, 1.807) is 6.07 Å². The number of hydrogen-bond acceptors (Lipinski definition) is 3. The molecule has 1 amide bonds. The third kappa shape index (κ3) is 4.49. The van der Waals surface area contributed by atoms with Crippen molar-refractivity contribution in [2.24, 2.45) is 0 Å². The van der Waals surface area contributed by atoms with Crippen LogP contribution in [0, 0.1) is 6.92 Å². The summed E-state index contributed by atoms with van der Waals surface area (Å²) in [5.41, 5.74) is 2.54. The minimum Gasteiger partial charge on any atom is -0.493 e. The predicted octanol–water partition coefficient (Wildman–Crippen LogP) is 3.72. The minimum absolute atomic E-state index is 0.0901. The Kier molecular flexibility index (Phi) is 6.03. The normalized spacial score (nSPS) is 10.2. The van der Waals surface area contributed by atoms with Gasteiger partial charge in [-0.3, -0.25) is 4.79 Å². The molecule has 23 heavy (non-hydrogen) atoms. The monoisotopic (exact) mass is 313 g/mol. The van der Waals surface area contributed by atoms with Gasteiger partial charge in [-0.15, -0.1) is 0 Å². The summed E-state index contributed by atoms with van der Waals surface area (Å²) in [6.45, 7) is 7.36. The van der Waals surface area contributed by atoms with Crippen molar-refractivity contribution in [3.8, 4) is 11.5 Å². The molecule has 0 aliphatic heterocycles. The minimum atomic E-state index is -0.0901. The summed E-state index contributed by atoms with van der Waals surface area (Å²) in [5.74, 6) is 1.49. The van der Waals surface area contributed by atoms with Crippen LogP contribution in [0.2, 0.25) is 0 Å². The van der Waals surface area contributed by atoms with Gasteiger partial charge in [-0.2, -0.15) is 0 Å². The standard InChI is InChI=1S/C19H23NO3/c1-4-20-19(21)15-10-11-18(22-5-2)16(12-15)13-23-17-9-7-6-8-14(17)3/h6-12H,4-5,13H2,1-3H3,(H,20,21). The smallest absolute Gasteiger partial charge is 0.251 e. The zero-order chi connectivity index (χ0) is 16.7. The molecular weight excluding hydrogens is 290 g/mol. The van der Waals surface area contributed by atoms with E-state index >= 15 is 0 Å². The summed E-state index contributed by atoms with van der Waals surface area (Å²) in [7, 11) is 0. The summed E-state index contributed by atoms with van der Waals surface area (Å²) in [5, 5.41) is 2.80. The molecule has 0 radical (unpaired) electrons. The Balaban J connectivity index is 2.21. The largest absolute Gasteiger partial charge is 0.493 e. The molecule has 0 atom stereocenters. The number of rotatable bonds is 7. The number of para-hydroxylation sites is 1. The molecule has 1 N–H and O–H groups in total. The maximum absolute atomic E-state index is 12.0. The number of carbonyl (C=O) groups is 1. The second-order valence-corrected chi connectivity index (χ2v) is 5.17. The van der Waals surface area contributed by atoms with E-state index in [-0.39, 0.29) is 5.91 Å². The Morgan fingerprint density at radius 2 is 1.83 bits per heavy atom. The maximum Gasteiger partial charge on any atom is 0.251 e. The molecule has 0 heterocycles. The highest BCUT2D eigenvalue weighted by molar-refractivity contribution is 5.94. The molecule has 0 spiro atoms. The van der Waals surface area contributed by atoms with Crippen LogP contribution in [0.1, 0.15) is 35.3 Å². The number of amides is 1. The van der Waals surface area contributed by atoms with Gasteiger partial charge in [0.15, 0.2) is 0 Å². The molecule has 0 aliphatic rings. The van der Waals surface area contributed by atoms with Gasteiger partial charge in [0.25, 0.3) is 5.91 Å². The van der Waals surface area contributed by atoms with Gasteiger partial charge in [0, 0.05) is 17.7 Å². The fourth-order valence-corrected chi connectivity index (χ4v) is 2.27. The highest BCUT2D eigenvalue weighted by Gasteiger charge is 2.11. The number of ether oxygens (including phenoxy) is 2. The van der Waals surface area contributed by atoms with Crippen LogP contribution >= 0.6 is 0 Å². The summed E-state index contributed by atoms with van der Waals surface area (Å²) < 4.78 is 11.5. The van der Waals surface area contributed by atoms with Crippen LogP contribution in [0.3, 0.4) is 0 Å². The Morgan fingerprint density at radius 3 is 2.52 bits per heavy atom. The van der Waals surface area contributed by atoms with Gasteiger partial charge in [-0.05, 0) is 50.6 Å². The molecule has 2 rings (SSSR count). The Hall–Kier alpha value is -2.49. The fourth-order valence-electron chi connectivity index (χ4n) is 2.27. The molecular formula is C19H23NO3. The number of carbonyl (C=O) groups excluding carboxylic acids is 1. The van der Waals surface area contributed by atoms with E-state index in [2.05, 4.69) is 5.32 Å². The van der Waals surface area contributed by atoms with Crippen molar-refractivity contribution >= 4 is 5.91 Å². The van der Waals surface area contributed by atoms with Crippen LogP contribution in [0.15, 0.2) is 42.5 Å². The van der Waals surface area contributed by atoms with Crippen LogP contribution in [-0.4, -0.2) is 19.1 Å². The number of benzene rings is 2. The first-order chi connectivity index (χ1) is 11.2. The predicted molar refractivity (Wildman–Crippen MR) is 91.1 cm³/mol. The Morgan fingerprint density at radius 1 is 1.04 bits per heavy atom. The molecule has 0 bridgehead atoms. The van der Waals surface area contributed by atoms with Crippen molar-refractivity contribution in [1.82, 2.24) is 5.32 Å². The molecule has 0 aromatic heterocycles. The third-order valence-electron chi connectivity index (χ3n) is 3.44. The van der Waals surface area contributed by atoms with Crippen LogP contribution in [-0.2, 0) is 6.61 Å². The van der Waals surface area contributed by atoms with E-state index in [1.807, 2.05) is 57.2 Å². The van der Waals surface area contributed by atoms with E-state index in [4.69, 9.17) is 9.47 Å². The average molecular weight is 313 g/mol. The molecule has 2 aromatic rings. The first-order valence-electron chi connectivity index (χ1n) is 7.88. The van der Waals surface area contributed by atoms with Gasteiger partial charge in [0.05, 0.1) is 6.61 Å². The van der Waals surface area contributed by atoms with Crippen LogP contribution in [0.4, 0.5) is 0 Å². The van der Waals surface area contributed by atoms with E-state index in [9.17, 15) is 4.79 Å². The zero-order valence-corrected chi connectivity index (χ0v) is 13.9. The van der Waals surface area contributed by atoms with Crippen molar-refractivity contribution in [3.63, 3.8) is 0 Å². The topological polar surface area (TPSA) is 47.6 Å². The molecule has 0 unspecified atom stereocenters. The summed E-state index contributed by atoms with van der Waals surface area (Å²) in [6, 6.07) is 13.3. The van der Waals surface area contributed by atoms with Gasteiger partial charge in [0.2, 0.25) is 0 Å². The molecule has 0 fully saturated rings. The summed E-state index contributed by atoms with van der Waals surface area (Å²) in [6.07, 6.45) is 0. The lowest BCUT2D eigenvalue weighted by atomic mass is 10.1. The third-order valence-corrected chi connectivity index (χ3v) is 3.44. The number of hydrogen-bond donors (Lipinski definition) is 1. The average Bonchev–Trinajstić information content (AvgIpc) is 2.55. The van der Waals surface area contributed by atoms with Crippen molar-refractivity contribution in [2.45, 2.75) is 27.4 Å². The van der Waals surface area contributed by atoms with Crippen LogP contribution < -0.4 is 14.8 Å². The van der Waals surface area contributed by atoms with E-state index in [1.165, 1.54) is 0 Å². The van der Waals surface area contributed by atoms with Crippen molar-refractivity contribution in [1.29, 1.82) is 0 Å². The molecule has 2 aromatic carbocycles. The lowest BCUT2D eigenvalue weighted by molar-refractivity contribution is 0.0955. The summed E-state index contributed by atoms with van der Waals surface area (Å²) in [4.78, 5) is 12.0. The van der Waals surface area contributed by atoms with Crippen LogP contribution in [0.5, 0.6) is 11.5 Å². The highest BCUT2D eigenvalue weighted by Crippen LogP contribution is 2.24. The van der Waals surface area contributed by atoms with Gasteiger partial charge in [0.1, 0.15) is 18.1 Å². The van der Waals surface area contributed by atoms with Gasteiger partial charge >= 0.3 is 0 Å². The molecule has 0 aliphatic carbocycles. The SMILES string of the molecule is CCNC(=O)c1ccc(OCC)c(COc2ccccc2C)c1. The highest BCUT2D eigenvalue weighted by atomic mass is 16.5. The van der Waals surface area contributed by atoms with E-state index in [0.717, 1.165) is 22.6 Å². The van der Waals surface area contributed by atoms with Gasteiger partial charge < -0.3 is 14.8 Å². The Bertz CT molecular complexity index is 667. The number of aryl methyl sites for hydroxylation is 1. The Labute approximate surface area is 137 Å². The first-order valence-corrected chi connectivity index (χ1v) is 7.88. The van der Waals surface area contributed by atoms with E-state index in [0.29, 0.717) is 25.3 Å². The van der Waals surface area contributed by atoms with Crippen molar-refractivity contribution in [3.05, 3.63) is 59.2 Å². The number of nitrogens with one attached hydrogen (secondary N) is 1. The molecule has 4 nitrogen and oxygen atoms in total. The second kappa shape index (κ2) is 8.22. The quantitative estimate of drug-likeness (QED) is 0.847. The fraction of sp³-hybridized carbons (Fsp3) is 0.316. The second-order valence-electron chi connectivity index (χ2n) is 5.17. The lowest BCUT2D eigenvalue weighted by Crippen LogP contribution is -2.22. The zero-order valence-electron chi connectivity index (χ0n) is 13.9. The van der Waals surface area contributed by atoms with Crippen molar-refractivity contribution < 1.29 is 14.3 Å². The van der Waals surface area contributed by atoms with E-state index < -0.39 is 0 Å². The lowest BCUT2D eigenvalue weighted by Gasteiger charge is -2.14. The molecule has 122 valence electrons. The van der Waals surface area contributed by atoms with Gasteiger partial charge in [-0.25, -0.2) is 0 Å². The van der Waals surface area contributed by atoms with Crippen molar-refractivity contribution in [2.75, 3.05) is 13.2 Å². The molecule has 0 saturated carbocycles.